The maximum Gasteiger partial charge on any atom is 0.273 e. The number of amides is 1. The van der Waals surface area contributed by atoms with Crippen molar-refractivity contribution in [1.29, 1.82) is 0 Å². The smallest absolute Gasteiger partial charge is 0.273 e. The second kappa shape index (κ2) is 6.19. The molecule has 1 aromatic heterocycles. The van der Waals surface area contributed by atoms with Crippen LogP contribution in [0, 0.1) is 6.92 Å². The number of H-pyrrole nitrogens is 1. The van der Waals surface area contributed by atoms with E-state index in [0.717, 1.165) is 42.2 Å². The number of nitrogens with zero attached hydrogens (tertiary/aromatic N) is 1. The first-order chi connectivity index (χ1) is 10.7. The van der Waals surface area contributed by atoms with Gasteiger partial charge in [-0.15, -0.1) is 0 Å². The van der Waals surface area contributed by atoms with Crippen LogP contribution in [-0.2, 0) is 6.42 Å². The molecule has 0 aliphatic carbocycles. The van der Waals surface area contributed by atoms with Gasteiger partial charge in [-0.25, -0.2) is 0 Å². The Kier molecular flexibility index (Phi) is 4.11. The number of aryl methyl sites for hydroxylation is 1. The lowest BCUT2D eigenvalue weighted by Gasteiger charge is -2.27. The Labute approximate surface area is 129 Å². The first kappa shape index (κ1) is 14.6. The van der Waals surface area contributed by atoms with Crippen molar-refractivity contribution in [1.82, 2.24) is 15.5 Å². The Balaban J connectivity index is 1.64. The number of ether oxygens (including phenoxy) is 1. The number of benzene rings is 1. The van der Waals surface area contributed by atoms with Crippen LogP contribution in [0.1, 0.15) is 28.7 Å². The van der Waals surface area contributed by atoms with Crippen LogP contribution < -0.4 is 15.4 Å². The van der Waals surface area contributed by atoms with Crippen molar-refractivity contribution in [3.8, 4) is 5.75 Å². The van der Waals surface area contributed by atoms with E-state index in [0.29, 0.717) is 5.69 Å². The molecule has 0 atom stereocenters. The average Bonchev–Trinajstić information content (AvgIpc) is 2.85. The summed E-state index contributed by atoms with van der Waals surface area (Å²) in [7, 11) is 0. The van der Waals surface area contributed by atoms with E-state index in [2.05, 4.69) is 20.8 Å². The normalized spacial score (nSPS) is 14.5. The van der Waals surface area contributed by atoms with Gasteiger partial charge in [-0.2, -0.15) is 5.10 Å². The van der Waals surface area contributed by atoms with E-state index in [1.165, 1.54) is 0 Å². The van der Waals surface area contributed by atoms with Crippen LogP contribution in [0.5, 0.6) is 5.75 Å². The van der Waals surface area contributed by atoms with E-state index < -0.39 is 0 Å². The summed E-state index contributed by atoms with van der Waals surface area (Å²) in [6.07, 6.45) is 1.05. The van der Waals surface area contributed by atoms with Crippen LogP contribution in [0.4, 0.5) is 5.69 Å². The predicted molar refractivity (Wildman–Crippen MR) is 84.4 cm³/mol. The molecular weight excluding hydrogens is 280 g/mol. The van der Waals surface area contributed by atoms with Crippen LogP contribution in [0.3, 0.4) is 0 Å². The van der Waals surface area contributed by atoms with Gasteiger partial charge in [-0.3, -0.25) is 9.89 Å². The molecule has 2 aromatic rings. The molecule has 0 bridgehead atoms. The van der Waals surface area contributed by atoms with Gasteiger partial charge in [0.2, 0.25) is 0 Å². The van der Waals surface area contributed by atoms with Crippen molar-refractivity contribution in [2.75, 3.05) is 18.4 Å². The minimum absolute atomic E-state index is 0.179. The third-order valence-corrected chi connectivity index (χ3v) is 3.83. The maximum absolute atomic E-state index is 12.3. The molecule has 0 radical (unpaired) electrons. The van der Waals surface area contributed by atoms with Crippen LogP contribution in [-0.4, -0.2) is 35.3 Å². The van der Waals surface area contributed by atoms with E-state index >= 15 is 0 Å². The zero-order chi connectivity index (χ0) is 15.5. The number of aromatic amines is 1. The average molecular weight is 300 g/mol. The monoisotopic (exact) mass is 300 g/mol. The minimum Gasteiger partial charge on any atom is -0.488 e. The fourth-order valence-electron chi connectivity index (χ4n) is 2.35. The Hall–Kier alpha value is -2.34. The lowest BCUT2D eigenvalue weighted by Crippen LogP contribution is -2.50. The van der Waals surface area contributed by atoms with E-state index in [1.54, 1.807) is 0 Å². The lowest BCUT2D eigenvalue weighted by molar-refractivity contribution is 0.102. The molecule has 3 N–H and O–H groups in total. The van der Waals surface area contributed by atoms with E-state index in [-0.39, 0.29) is 12.0 Å². The van der Waals surface area contributed by atoms with E-state index in [1.807, 2.05) is 38.1 Å². The number of hydrogen-bond acceptors (Lipinski definition) is 4. The SMILES string of the molecule is CCc1n[nH]c(C(=O)Nc2ccc(OC3CNC3)cc2)c1C. The summed E-state index contributed by atoms with van der Waals surface area (Å²) in [5.41, 5.74) is 3.06. The van der Waals surface area contributed by atoms with Gasteiger partial charge in [-0.1, -0.05) is 6.92 Å². The van der Waals surface area contributed by atoms with Gasteiger partial charge in [0.1, 0.15) is 17.5 Å². The molecule has 1 aliphatic rings. The lowest BCUT2D eigenvalue weighted by atomic mass is 10.1. The summed E-state index contributed by atoms with van der Waals surface area (Å²) in [5, 5.41) is 13.0. The summed E-state index contributed by atoms with van der Waals surface area (Å²) in [5.74, 6) is 0.636. The summed E-state index contributed by atoms with van der Waals surface area (Å²) in [4.78, 5) is 12.3. The molecular formula is C16H20N4O2. The van der Waals surface area contributed by atoms with E-state index in [4.69, 9.17) is 4.74 Å². The molecule has 0 spiro atoms. The molecule has 1 saturated heterocycles. The van der Waals surface area contributed by atoms with Crippen LogP contribution in [0.2, 0.25) is 0 Å². The van der Waals surface area contributed by atoms with Gasteiger partial charge in [0.05, 0.1) is 5.69 Å². The molecule has 6 nitrogen and oxygen atoms in total. The van der Waals surface area contributed by atoms with Crippen molar-refractivity contribution in [2.45, 2.75) is 26.4 Å². The summed E-state index contributed by atoms with van der Waals surface area (Å²) in [6.45, 7) is 5.69. The largest absolute Gasteiger partial charge is 0.488 e. The molecule has 2 heterocycles. The number of rotatable bonds is 5. The molecule has 1 aromatic carbocycles. The van der Waals surface area contributed by atoms with Crippen LogP contribution >= 0.6 is 0 Å². The standard InChI is InChI=1S/C16H20N4O2/c1-3-14-10(2)15(20-19-14)16(21)18-11-4-6-12(7-5-11)22-13-8-17-9-13/h4-7,13,17H,3,8-9H2,1-2H3,(H,18,21)(H,19,20). The van der Waals surface area contributed by atoms with Gasteiger partial charge in [0.15, 0.2) is 0 Å². The number of aromatic nitrogens is 2. The van der Waals surface area contributed by atoms with Gasteiger partial charge in [0, 0.05) is 24.3 Å². The molecule has 6 heteroatoms. The number of anilines is 1. The van der Waals surface area contributed by atoms with Crippen molar-refractivity contribution in [3.05, 3.63) is 41.2 Å². The molecule has 22 heavy (non-hydrogen) atoms. The Morgan fingerprint density at radius 2 is 2.09 bits per heavy atom. The van der Waals surface area contributed by atoms with Gasteiger partial charge < -0.3 is 15.4 Å². The summed E-state index contributed by atoms with van der Waals surface area (Å²) >= 11 is 0. The fourth-order valence-corrected chi connectivity index (χ4v) is 2.35. The maximum atomic E-state index is 12.3. The molecule has 0 saturated carbocycles. The first-order valence-electron chi connectivity index (χ1n) is 7.50. The number of carbonyl (C=O) groups is 1. The highest BCUT2D eigenvalue weighted by Gasteiger charge is 2.18. The number of carbonyl (C=O) groups excluding carboxylic acids is 1. The molecule has 1 fully saturated rings. The summed E-state index contributed by atoms with van der Waals surface area (Å²) in [6, 6.07) is 7.41. The molecule has 1 amide bonds. The molecule has 1 aliphatic heterocycles. The highest BCUT2D eigenvalue weighted by Crippen LogP contribution is 2.19. The quantitative estimate of drug-likeness (QED) is 0.788. The van der Waals surface area contributed by atoms with Crippen LogP contribution in [0.15, 0.2) is 24.3 Å². The van der Waals surface area contributed by atoms with Gasteiger partial charge in [0.25, 0.3) is 5.91 Å². The van der Waals surface area contributed by atoms with Gasteiger partial charge >= 0.3 is 0 Å². The number of nitrogens with one attached hydrogen (secondary N) is 3. The molecule has 0 unspecified atom stereocenters. The molecule has 3 rings (SSSR count). The van der Waals surface area contributed by atoms with Crippen molar-refractivity contribution < 1.29 is 9.53 Å². The Bertz CT molecular complexity index is 659. The van der Waals surface area contributed by atoms with Gasteiger partial charge in [-0.05, 0) is 37.6 Å². The third-order valence-electron chi connectivity index (χ3n) is 3.83. The topological polar surface area (TPSA) is 79.0 Å². The third kappa shape index (κ3) is 2.96. The second-order valence-electron chi connectivity index (χ2n) is 5.40. The minimum atomic E-state index is -0.179. The van der Waals surface area contributed by atoms with Crippen molar-refractivity contribution >= 4 is 11.6 Å². The summed E-state index contributed by atoms with van der Waals surface area (Å²) < 4.78 is 5.74. The second-order valence-corrected chi connectivity index (χ2v) is 5.40. The van der Waals surface area contributed by atoms with Crippen molar-refractivity contribution in [2.24, 2.45) is 0 Å². The Morgan fingerprint density at radius 1 is 1.36 bits per heavy atom. The van der Waals surface area contributed by atoms with Crippen molar-refractivity contribution in [3.63, 3.8) is 0 Å². The van der Waals surface area contributed by atoms with E-state index in [9.17, 15) is 4.79 Å². The highest BCUT2D eigenvalue weighted by molar-refractivity contribution is 6.03. The Morgan fingerprint density at radius 3 is 2.64 bits per heavy atom. The number of hydrogen-bond donors (Lipinski definition) is 3. The zero-order valence-corrected chi connectivity index (χ0v) is 12.8. The zero-order valence-electron chi connectivity index (χ0n) is 12.8. The molecule has 116 valence electrons. The predicted octanol–water partition coefficient (Wildman–Crippen LogP) is 1.88. The highest BCUT2D eigenvalue weighted by atomic mass is 16.5. The first-order valence-corrected chi connectivity index (χ1v) is 7.50. The van der Waals surface area contributed by atoms with Crippen LogP contribution in [0.25, 0.3) is 0 Å². The fraction of sp³-hybridized carbons (Fsp3) is 0.375.